The lowest BCUT2D eigenvalue weighted by Gasteiger charge is -2.16. The molecule has 0 aromatic heterocycles. The van der Waals surface area contributed by atoms with Crippen molar-refractivity contribution in [3.8, 4) is 5.75 Å². The Morgan fingerprint density at radius 2 is 1.42 bits per heavy atom. The van der Waals surface area contributed by atoms with E-state index in [-0.39, 0.29) is 0 Å². The van der Waals surface area contributed by atoms with E-state index in [1.165, 1.54) is 0 Å². The van der Waals surface area contributed by atoms with Crippen molar-refractivity contribution in [2.24, 2.45) is 0 Å². The number of esters is 1. The molecule has 98 valence electrons. The Kier molecular flexibility index (Phi) is 4.28. The Bertz CT molecular complexity index is 524. The van der Waals surface area contributed by atoms with Gasteiger partial charge in [-0.1, -0.05) is 48.5 Å². The van der Waals surface area contributed by atoms with E-state index < -0.39 is 18.2 Å². The van der Waals surface area contributed by atoms with E-state index >= 15 is 0 Å². The van der Waals surface area contributed by atoms with Crippen LogP contribution in [0, 0.1) is 0 Å². The van der Waals surface area contributed by atoms with E-state index in [0.717, 1.165) is 0 Å². The summed E-state index contributed by atoms with van der Waals surface area (Å²) in [6.45, 7) is 0. The van der Waals surface area contributed by atoms with Crippen LogP contribution in [-0.4, -0.2) is 22.3 Å². The summed E-state index contributed by atoms with van der Waals surface area (Å²) in [4.78, 5) is 11.7. The fourth-order valence-electron chi connectivity index (χ4n) is 1.63. The average molecular weight is 258 g/mol. The molecule has 0 saturated carbocycles. The lowest BCUT2D eigenvalue weighted by Crippen LogP contribution is -2.31. The van der Waals surface area contributed by atoms with Gasteiger partial charge in [0.15, 0.2) is 6.10 Å². The van der Waals surface area contributed by atoms with E-state index in [1.807, 2.05) is 0 Å². The molecule has 2 atom stereocenters. The molecular weight excluding hydrogens is 244 g/mol. The van der Waals surface area contributed by atoms with Crippen molar-refractivity contribution in [3.05, 3.63) is 66.2 Å². The van der Waals surface area contributed by atoms with E-state index in [1.54, 1.807) is 60.7 Å². The van der Waals surface area contributed by atoms with Gasteiger partial charge in [0.05, 0.1) is 0 Å². The molecule has 2 aromatic rings. The first-order chi connectivity index (χ1) is 9.18. The molecule has 2 N–H and O–H groups in total. The monoisotopic (exact) mass is 258 g/mol. The minimum atomic E-state index is -1.62. The van der Waals surface area contributed by atoms with Gasteiger partial charge in [-0.05, 0) is 17.7 Å². The Balaban J connectivity index is 2.03. The lowest BCUT2D eigenvalue weighted by molar-refractivity contribution is -0.150. The Morgan fingerprint density at radius 1 is 0.895 bits per heavy atom. The third kappa shape index (κ3) is 3.40. The fourth-order valence-corrected chi connectivity index (χ4v) is 1.63. The molecule has 2 unspecified atom stereocenters. The van der Waals surface area contributed by atoms with Gasteiger partial charge in [-0.3, -0.25) is 0 Å². The molecule has 0 aliphatic rings. The summed E-state index contributed by atoms with van der Waals surface area (Å²) in [6, 6.07) is 16.9. The molecule has 0 heterocycles. The SMILES string of the molecule is O=C(Oc1ccccc1)C(O)C(O)c1ccccc1. The topological polar surface area (TPSA) is 66.8 Å². The van der Waals surface area contributed by atoms with Crippen molar-refractivity contribution in [1.82, 2.24) is 0 Å². The molecule has 0 aliphatic heterocycles. The second-order valence-electron chi connectivity index (χ2n) is 4.03. The normalized spacial score (nSPS) is 13.6. The van der Waals surface area contributed by atoms with E-state index in [0.29, 0.717) is 11.3 Å². The van der Waals surface area contributed by atoms with Crippen LogP contribution in [-0.2, 0) is 4.79 Å². The number of ether oxygens (including phenoxy) is 1. The lowest BCUT2D eigenvalue weighted by atomic mass is 10.0. The molecule has 0 spiro atoms. The van der Waals surface area contributed by atoms with Gasteiger partial charge in [-0.2, -0.15) is 0 Å². The predicted molar refractivity (Wildman–Crippen MR) is 69.5 cm³/mol. The van der Waals surface area contributed by atoms with Gasteiger partial charge >= 0.3 is 5.97 Å². The van der Waals surface area contributed by atoms with Crippen molar-refractivity contribution in [2.45, 2.75) is 12.2 Å². The van der Waals surface area contributed by atoms with Crippen LogP contribution in [0.2, 0.25) is 0 Å². The van der Waals surface area contributed by atoms with Crippen molar-refractivity contribution in [2.75, 3.05) is 0 Å². The van der Waals surface area contributed by atoms with Crippen molar-refractivity contribution in [3.63, 3.8) is 0 Å². The zero-order chi connectivity index (χ0) is 13.7. The standard InChI is InChI=1S/C15H14O4/c16-13(11-7-3-1-4-8-11)14(17)15(18)19-12-9-5-2-6-10-12/h1-10,13-14,16-17H. The number of aliphatic hydroxyl groups excluding tert-OH is 2. The summed E-state index contributed by atoms with van der Waals surface area (Å²) in [5.74, 6) is -0.561. The van der Waals surface area contributed by atoms with Crippen LogP contribution < -0.4 is 4.74 Å². The highest BCUT2D eigenvalue weighted by molar-refractivity contribution is 5.77. The highest BCUT2D eigenvalue weighted by Gasteiger charge is 2.27. The van der Waals surface area contributed by atoms with Crippen LogP contribution in [0.25, 0.3) is 0 Å². The van der Waals surface area contributed by atoms with Crippen LogP contribution in [0.4, 0.5) is 0 Å². The number of carbonyl (C=O) groups excluding carboxylic acids is 1. The minimum absolute atomic E-state index is 0.326. The first-order valence-corrected chi connectivity index (χ1v) is 5.86. The van der Waals surface area contributed by atoms with E-state index in [2.05, 4.69) is 0 Å². The second-order valence-corrected chi connectivity index (χ2v) is 4.03. The first-order valence-electron chi connectivity index (χ1n) is 5.86. The highest BCUT2D eigenvalue weighted by atomic mass is 16.6. The number of para-hydroxylation sites is 1. The molecule has 0 radical (unpaired) electrons. The van der Waals surface area contributed by atoms with Crippen molar-refractivity contribution < 1.29 is 19.7 Å². The molecule has 2 rings (SSSR count). The number of benzene rings is 2. The van der Waals surface area contributed by atoms with Gasteiger partial charge in [0.25, 0.3) is 0 Å². The predicted octanol–water partition coefficient (Wildman–Crippen LogP) is 1.69. The van der Waals surface area contributed by atoms with Gasteiger partial charge in [0, 0.05) is 0 Å². The molecule has 0 saturated heterocycles. The number of rotatable bonds is 4. The van der Waals surface area contributed by atoms with Crippen LogP contribution in [0.3, 0.4) is 0 Å². The van der Waals surface area contributed by atoms with Crippen LogP contribution in [0.5, 0.6) is 5.75 Å². The van der Waals surface area contributed by atoms with Gasteiger partial charge in [-0.15, -0.1) is 0 Å². The van der Waals surface area contributed by atoms with Gasteiger partial charge in [0.1, 0.15) is 11.9 Å². The summed E-state index contributed by atoms with van der Waals surface area (Å²) < 4.78 is 4.97. The van der Waals surface area contributed by atoms with E-state index in [9.17, 15) is 15.0 Å². The molecule has 4 heteroatoms. The van der Waals surface area contributed by atoms with Gasteiger partial charge < -0.3 is 14.9 Å². The van der Waals surface area contributed by atoms with E-state index in [4.69, 9.17) is 4.74 Å². The third-order valence-corrected chi connectivity index (χ3v) is 2.64. The Morgan fingerprint density at radius 3 is 2.00 bits per heavy atom. The average Bonchev–Trinajstić information content (AvgIpc) is 2.47. The van der Waals surface area contributed by atoms with Gasteiger partial charge in [-0.25, -0.2) is 4.79 Å². The van der Waals surface area contributed by atoms with Crippen LogP contribution in [0.15, 0.2) is 60.7 Å². The second kappa shape index (κ2) is 6.13. The first kappa shape index (κ1) is 13.3. The minimum Gasteiger partial charge on any atom is -0.425 e. The summed E-state index contributed by atoms with van der Waals surface area (Å²) >= 11 is 0. The molecule has 0 bridgehead atoms. The number of hydrogen-bond acceptors (Lipinski definition) is 4. The number of hydrogen-bond donors (Lipinski definition) is 2. The maximum atomic E-state index is 11.7. The molecular formula is C15H14O4. The number of aliphatic hydroxyl groups is 2. The smallest absolute Gasteiger partial charge is 0.343 e. The highest BCUT2D eigenvalue weighted by Crippen LogP contribution is 2.18. The Labute approximate surface area is 110 Å². The summed E-state index contributed by atoms with van der Waals surface area (Å²) in [7, 11) is 0. The summed E-state index contributed by atoms with van der Waals surface area (Å²) in [5, 5.41) is 19.7. The van der Waals surface area contributed by atoms with Crippen LogP contribution in [0.1, 0.15) is 11.7 Å². The van der Waals surface area contributed by atoms with Crippen molar-refractivity contribution in [1.29, 1.82) is 0 Å². The maximum Gasteiger partial charge on any atom is 0.343 e. The van der Waals surface area contributed by atoms with Crippen LogP contribution >= 0.6 is 0 Å². The third-order valence-electron chi connectivity index (χ3n) is 2.64. The zero-order valence-corrected chi connectivity index (χ0v) is 10.1. The van der Waals surface area contributed by atoms with Gasteiger partial charge in [0.2, 0.25) is 0 Å². The summed E-state index contributed by atoms with van der Waals surface area (Å²) in [5.41, 5.74) is 0.458. The molecule has 0 fully saturated rings. The maximum absolute atomic E-state index is 11.7. The molecule has 0 aliphatic carbocycles. The molecule has 0 amide bonds. The molecule has 4 nitrogen and oxygen atoms in total. The quantitative estimate of drug-likeness (QED) is 0.647. The molecule has 19 heavy (non-hydrogen) atoms. The summed E-state index contributed by atoms with van der Waals surface area (Å²) in [6.07, 6.45) is -2.93. The zero-order valence-electron chi connectivity index (χ0n) is 10.1. The van der Waals surface area contributed by atoms with Crippen molar-refractivity contribution >= 4 is 5.97 Å². The fraction of sp³-hybridized carbons (Fsp3) is 0.133. The molecule has 2 aromatic carbocycles. The largest absolute Gasteiger partial charge is 0.425 e. The number of carbonyl (C=O) groups is 1. The Hall–Kier alpha value is -2.17.